The molecule has 156 valence electrons. The predicted molar refractivity (Wildman–Crippen MR) is 114 cm³/mol. The third-order valence-electron chi connectivity index (χ3n) is 4.88. The molecule has 1 saturated heterocycles. The molecule has 0 saturated carbocycles. The molecule has 0 radical (unpaired) electrons. The lowest BCUT2D eigenvalue weighted by molar-refractivity contribution is -0.144. The number of hydrogen-bond acceptors (Lipinski definition) is 4. The van der Waals surface area contributed by atoms with Crippen molar-refractivity contribution >= 4 is 39.2 Å². The van der Waals surface area contributed by atoms with Gasteiger partial charge in [0.25, 0.3) is 0 Å². The summed E-state index contributed by atoms with van der Waals surface area (Å²) in [5.74, 6) is -0.332. The van der Waals surface area contributed by atoms with Gasteiger partial charge in [-0.15, -0.1) is 0 Å². The summed E-state index contributed by atoms with van der Waals surface area (Å²) in [4.78, 5) is 12.3. The van der Waals surface area contributed by atoms with Crippen LogP contribution in [0, 0.1) is 0 Å². The van der Waals surface area contributed by atoms with Crippen molar-refractivity contribution in [3.8, 4) is 0 Å². The Balaban J connectivity index is 1.50. The molecule has 0 unspecified atom stereocenters. The minimum atomic E-state index is -3.43. The van der Waals surface area contributed by atoms with Crippen LogP contribution in [0.1, 0.15) is 36.8 Å². The molecule has 0 spiro atoms. The van der Waals surface area contributed by atoms with Gasteiger partial charge in [0.2, 0.25) is 10.0 Å². The van der Waals surface area contributed by atoms with Crippen molar-refractivity contribution in [2.45, 2.75) is 43.6 Å². The Morgan fingerprint density at radius 3 is 2.24 bits per heavy atom. The molecule has 5 nitrogen and oxygen atoms in total. The highest BCUT2D eigenvalue weighted by Gasteiger charge is 2.25. The van der Waals surface area contributed by atoms with Gasteiger partial charge in [-0.25, -0.2) is 8.42 Å². The van der Waals surface area contributed by atoms with E-state index in [0.29, 0.717) is 34.5 Å². The highest BCUT2D eigenvalue weighted by Crippen LogP contribution is 2.23. The molecule has 0 bridgehead atoms. The van der Waals surface area contributed by atoms with Crippen LogP contribution in [0.3, 0.4) is 0 Å². The zero-order chi connectivity index (χ0) is 20.9. The lowest BCUT2D eigenvalue weighted by Gasteiger charge is -2.25. The molecule has 0 aromatic heterocycles. The third-order valence-corrected chi connectivity index (χ3v) is 7.53. The molecule has 1 aliphatic rings. The van der Waals surface area contributed by atoms with Crippen LogP contribution >= 0.6 is 23.2 Å². The van der Waals surface area contributed by atoms with Crippen LogP contribution in [0.4, 0.5) is 0 Å². The third kappa shape index (κ3) is 5.95. The number of esters is 1. The van der Waals surface area contributed by atoms with Gasteiger partial charge in [0.1, 0.15) is 6.61 Å². The monoisotopic (exact) mass is 455 g/mol. The summed E-state index contributed by atoms with van der Waals surface area (Å²) in [5.41, 5.74) is 1.65. The molecular formula is C21H23Cl2NO4S. The van der Waals surface area contributed by atoms with Gasteiger partial charge in [0.05, 0.1) is 14.9 Å². The highest BCUT2D eigenvalue weighted by molar-refractivity contribution is 7.89. The number of carbonyl (C=O) groups excluding carboxylic acids is 1. The summed E-state index contributed by atoms with van der Waals surface area (Å²) in [5, 5.41) is 0.868. The second kappa shape index (κ2) is 9.94. The molecule has 1 heterocycles. The molecule has 1 aliphatic heterocycles. The molecule has 3 rings (SSSR count). The first-order valence-corrected chi connectivity index (χ1v) is 11.7. The van der Waals surface area contributed by atoms with Crippen molar-refractivity contribution in [2.75, 3.05) is 13.1 Å². The van der Waals surface area contributed by atoms with Crippen LogP contribution in [0.5, 0.6) is 0 Å². The van der Waals surface area contributed by atoms with Crippen molar-refractivity contribution in [3.05, 3.63) is 63.6 Å². The van der Waals surface area contributed by atoms with Gasteiger partial charge in [-0.3, -0.25) is 4.79 Å². The van der Waals surface area contributed by atoms with E-state index in [1.54, 1.807) is 46.8 Å². The van der Waals surface area contributed by atoms with Crippen LogP contribution < -0.4 is 0 Å². The maximum atomic E-state index is 12.7. The molecular weight excluding hydrogens is 433 g/mol. The molecule has 2 aromatic rings. The molecule has 1 fully saturated rings. The Bertz CT molecular complexity index is 955. The van der Waals surface area contributed by atoms with E-state index in [4.69, 9.17) is 27.9 Å². The maximum Gasteiger partial charge on any atom is 0.306 e. The zero-order valence-corrected chi connectivity index (χ0v) is 18.3. The van der Waals surface area contributed by atoms with Crippen LogP contribution in [-0.2, 0) is 32.6 Å². The number of carbonyl (C=O) groups is 1. The molecule has 0 amide bonds. The fraction of sp³-hybridized carbons (Fsp3) is 0.381. The SMILES string of the molecule is O=C(CCc1ccc(S(=O)(=O)N2CCCCC2)cc1)OCc1ccc(Cl)c(Cl)c1. The average Bonchev–Trinajstić information content (AvgIpc) is 2.74. The smallest absolute Gasteiger partial charge is 0.306 e. The van der Waals surface area contributed by atoms with E-state index in [0.717, 1.165) is 30.4 Å². The number of ether oxygens (including phenoxy) is 1. The van der Waals surface area contributed by atoms with Crippen molar-refractivity contribution in [1.29, 1.82) is 0 Å². The number of rotatable bonds is 7. The fourth-order valence-corrected chi connectivity index (χ4v) is 5.03. The van der Waals surface area contributed by atoms with Gasteiger partial charge in [-0.2, -0.15) is 4.31 Å². The lowest BCUT2D eigenvalue weighted by atomic mass is 10.1. The molecule has 0 aliphatic carbocycles. The maximum absolute atomic E-state index is 12.7. The Labute approximate surface area is 181 Å². The first-order valence-electron chi connectivity index (χ1n) is 9.55. The number of piperidine rings is 1. The summed E-state index contributed by atoms with van der Waals surface area (Å²) in [6.07, 6.45) is 3.57. The number of halogens is 2. The van der Waals surface area contributed by atoms with Gasteiger partial charge in [-0.1, -0.05) is 47.8 Å². The Kier molecular flexibility index (Phi) is 7.57. The minimum Gasteiger partial charge on any atom is -0.461 e. The van der Waals surface area contributed by atoms with E-state index < -0.39 is 10.0 Å². The molecule has 0 atom stereocenters. The van der Waals surface area contributed by atoms with E-state index in [9.17, 15) is 13.2 Å². The first-order chi connectivity index (χ1) is 13.9. The van der Waals surface area contributed by atoms with E-state index in [-0.39, 0.29) is 19.0 Å². The normalized spacial score (nSPS) is 15.2. The quantitative estimate of drug-likeness (QED) is 0.559. The lowest BCUT2D eigenvalue weighted by Crippen LogP contribution is -2.35. The van der Waals surface area contributed by atoms with E-state index >= 15 is 0 Å². The van der Waals surface area contributed by atoms with Gasteiger partial charge in [0.15, 0.2) is 0 Å². The Morgan fingerprint density at radius 1 is 0.931 bits per heavy atom. The second-order valence-electron chi connectivity index (χ2n) is 7.02. The van der Waals surface area contributed by atoms with Crippen molar-refractivity contribution in [3.63, 3.8) is 0 Å². The minimum absolute atomic E-state index is 0.128. The second-order valence-corrected chi connectivity index (χ2v) is 9.77. The highest BCUT2D eigenvalue weighted by atomic mass is 35.5. The van der Waals surface area contributed by atoms with E-state index in [2.05, 4.69) is 0 Å². The topological polar surface area (TPSA) is 63.7 Å². The van der Waals surface area contributed by atoms with Crippen LogP contribution in [0.15, 0.2) is 47.4 Å². The largest absolute Gasteiger partial charge is 0.461 e. The summed E-state index contributed by atoms with van der Waals surface area (Å²) in [6.45, 7) is 1.28. The molecule has 0 N–H and O–H groups in total. The van der Waals surface area contributed by atoms with Gasteiger partial charge in [-0.05, 0) is 54.7 Å². The average molecular weight is 456 g/mol. The number of sulfonamides is 1. The summed E-state index contributed by atoms with van der Waals surface area (Å²) < 4.78 is 32.1. The van der Waals surface area contributed by atoms with Crippen molar-refractivity contribution in [2.24, 2.45) is 0 Å². The summed E-state index contributed by atoms with van der Waals surface area (Å²) in [7, 11) is -3.43. The number of aryl methyl sites for hydroxylation is 1. The Hall–Kier alpha value is -1.60. The number of benzene rings is 2. The summed E-state index contributed by atoms with van der Waals surface area (Å²) >= 11 is 11.8. The van der Waals surface area contributed by atoms with E-state index in [1.807, 2.05) is 0 Å². The Morgan fingerprint density at radius 2 is 1.59 bits per heavy atom. The first kappa shape index (κ1) is 22.1. The van der Waals surface area contributed by atoms with Gasteiger partial charge < -0.3 is 4.74 Å². The molecule has 2 aromatic carbocycles. The zero-order valence-electron chi connectivity index (χ0n) is 15.9. The fourth-order valence-electron chi connectivity index (χ4n) is 3.19. The van der Waals surface area contributed by atoms with Crippen molar-refractivity contribution < 1.29 is 17.9 Å². The molecule has 8 heteroatoms. The van der Waals surface area contributed by atoms with Gasteiger partial charge in [0, 0.05) is 19.5 Å². The van der Waals surface area contributed by atoms with Crippen LogP contribution in [0.25, 0.3) is 0 Å². The molecule has 29 heavy (non-hydrogen) atoms. The number of nitrogens with zero attached hydrogens (tertiary/aromatic N) is 1. The number of hydrogen-bond donors (Lipinski definition) is 0. The van der Waals surface area contributed by atoms with Gasteiger partial charge >= 0.3 is 5.97 Å². The summed E-state index contributed by atoms with van der Waals surface area (Å²) in [6, 6.07) is 11.8. The van der Waals surface area contributed by atoms with Crippen molar-refractivity contribution in [1.82, 2.24) is 4.31 Å². The van der Waals surface area contributed by atoms with E-state index in [1.165, 1.54) is 0 Å². The standard InChI is InChI=1S/C21H23Cl2NO4S/c22-19-10-6-17(14-20(19)23)15-28-21(25)11-7-16-4-8-18(9-5-16)29(26,27)24-12-2-1-3-13-24/h4-6,8-10,14H,1-3,7,11-13,15H2. The van der Waals surface area contributed by atoms with Crippen LogP contribution in [0.2, 0.25) is 10.0 Å². The van der Waals surface area contributed by atoms with Crippen LogP contribution in [-0.4, -0.2) is 31.8 Å². The predicted octanol–water partition coefficient (Wildman–Crippen LogP) is 4.84.